The molecule has 0 aliphatic rings. The molecule has 0 aliphatic carbocycles. The lowest BCUT2D eigenvalue weighted by Crippen LogP contribution is -2.08. The third-order valence-corrected chi connectivity index (χ3v) is 4.06. The molecule has 0 saturated heterocycles. The molecule has 22 heavy (non-hydrogen) atoms. The second-order valence-corrected chi connectivity index (χ2v) is 5.81. The largest absolute Gasteiger partial charge is 0.345 e. The Kier molecular flexibility index (Phi) is 3.97. The molecule has 0 atom stereocenters. The number of aryl methyl sites for hydroxylation is 2. The molecule has 0 unspecified atom stereocenters. The summed E-state index contributed by atoms with van der Waals surface area (Å²) in [5.41, 5.74) is 7.48. The van der Waals surface area contributed by atoms with Crippen LogP contribution in [-0.4, -0.2) is 7.05 Å². The Morgan fingerprint density at radius 1 is 0.500 bits per heavy atom. The molecular weight excluding hydrogens is 266 g/mol. The number of benzene rings is 3. The molecule has 0 radical (unpaired) electrons. The predicted molar refractivity (Wildman–Crippen MR) is 95.9 cm³/mol. The van der Waals surface area contributed by atoms with Crippen LogP contribution in [0.1, 0.15) is 11.1 Å². The predicted octanol–water partition coefficient (Wildman–Crippen LogP) is 5.74. The Morgan fingerprint density at radius 2 is 0.818 bits per heavy atom. The quantitative estimate of drug-likeness (QED) is 0.594. The van der Waals surface area contributed by atoms with E-state index >= 15 is 0 Å². The zero-order valence-corrected chi connectivity index (χ0v) is 13.4. The van der Waals surface area contributed by atoms with Crippen LogP contribution in [0.2, 0.25) is 0 Å². The molecule has 0 spiro atoms. The Balaban J connectivity index is 1.84. The highest BCUT2D eigenvalue weighted by atomic mass is 15.1. The van der Waals surface area contributed by atoms with Crippen LogP contribution in [0.4, 0.5) is 11.4 Å². The maximum atomic E-state index is 2.21. The minimum Gasteiger partial charge on any atom is -0.345 e. The summed E-state index contributed by atoms with van der Waals surface area (Å²) in [5, 5.41) is 0. The third-order valence-electron chi connectivity index (χ3n) is 4.06. The van der Waals surface area contributed by atoms with Crippen LogP contribution < -0.4 is 4.90 Å². The van der Waals surface area contributed by atoms with Crippen molar-refractivity contribution in [3.8, 4) is 11.1 Å². The standard InChI is InChI=1S/C21H21N/c1-16-4-8-18(9-5-16)19-10-14-21(15-11-19)22(3)20-12-6-17(2)7-13-20/h4-15H,1-3H3. The van der Waals surface area contributed by atoms with E-state index in [4.69, 9.17) is 0 Å². The highest BCUT2D eigenvalue weighted by molar-refractivity contribution is 5.69. The summed E-state index contributed by atoms with van der Waals surface area (Å²) >= 11 is 0. The Labute approximate surface area is 132 Å². The first kappa shape index (κ1) is 14.4. The van der Waals surface area contributed by atoms with E-state index in [1.807, 2.05) is 0 Å². The lowest BCUT2D eigenvalue weighted by atomic mass is 10.0. The second kappa shape index (κ2) is 6.07. The number of hydrogen-bond acceptors (Lipinski definition) is 1. The van der Waals surface area contributed by atoms with Gasteiger partial charge in [0.05, 0.1) is 0 Å². The molecule has 0 aromatic heterocycles. The van der Waals surface area contributed by atoms with Crippen LogP contribution in [0, 0.1) is 13.8 Å². The van der Waals surface area contributed by atoms with Gasteiger partial charge in [-0.15, -0.1) is 0 Å². The van der Waals surface area contributed by atoms with Gasteiger partial charge in [0.2, 0.25) is 0 Å². The van der Waals surface area contributed by atoms with Gasteiger partial charge >= 0.3 is 0 Å². The lowest BCUT2D eigenvalue weighted by molar-refractivity contribution is 1.20. The van der Waals surface area contributed by atoms with Crippen molar-refractivity contribution < 1.29 is 0 Å². The van der Waals surface area contributed by atoms with Crippen molar-refractivity contribution in [2.45, 2.75) is 13.8 Å². The van der Waals surface area contributed by atoms with Crippen molar-refractivity contribution in [2.75, 3.05) is 11.9 Å². The molecule has 0 N–H and O–H groups in total. The third kappa shape index (κ3) is 3.04. The summed E-state index contributed by atoms with van der Waals surface area (Å²) in [5.74, 6) is 0. The molecular formula is C21H21N. The monoisotopic (exact) mass is 287 g/mol. The Bertz CT molecular complexity index is 737. The van der Waals surface area contributed by atoms with Gasteiger partial charge in [0.15, 0.2) is 0 Å². The highest BCUT2D eigenvalue weighted by Crippen LogP contribution is 2.27. The number of nitrogens with zero attached hydrogens (tertiary/aromatic N) is 1. The van der Waals surface area contributed by atoms with E-state index in [9.17, 15) is 0 Å². The fourth-order valence-electron chi connectivity index (χ4n) is 2.54. The molecule has 1 nitrogen and oxygen atoms in total. The van der Waals surface area contributed by atoms with Crippen LogP contribution in [0.5, 0.6) is 0 Å². The summed E-state index contributed by atoms with van der Waals surface area (Å²) < 4.78 is 0. The molecule has 3 rings (SSSR count). The van der Waals surface area contributed by atoms with Crippen molar-refractivity contribution >= 4 is 11.4 Å². The van der Waals surface area contributed by atoms with E-state index in [0.717, 1.165) is 0 Å². The number of hydrogen-bond donors (Lipinski definition) is 0. The fraction of sp³-hybridized carbons (Fsp3) is 0.143. The van der Waals surface area contributed by atoms with Gasteiger partial charge in [-0.3, -0.25) is 0 Å². The Morgan fingerprint density at radius 3 is 1.27 bits per heavy atom. The molecule has 0 heterocycles. The molecule has 3 aromatic rings. The van der Waals surface area contributed by atoms with Gasteiger partial charge in [-0.2, -0.15) is 0 Å². The molecule has 3 aromatic carbocycles. The molecule has 0 fully saturated rings. The first-order valence-electron chi connectivity index (χ1n) is 7.61. The zero-order chi connectivity index (χ0) is 15.5. The second-order valence-electron chi connectivity index (χ2n) is 5.81. The highest BCUT2D eigenvalue weighted by Gasteiger charge is 2.04. The van der Waals surface area contributed by atoms with Crippen molar-refractivity contribution in [2.24, 2.45) is 0 Å². The first-order valence-corrected chi connectivity index (χ1v) is 7.61. The average molecular weight is 287 g/mol. The SMILES string of the molecule is Cc1ccc(-c2ccc(N(C)c3ccc(C)cc3)cc2)cc1. The summed E-state index contributed by atoms with van der Waals surface area (Å²) in [6.45, 7) is 4.23. The molecule has 0 bridgehead atoms. The molecule has 0 amide bonds. The molecule has 0 aliphatic heterocycles. The van der Waals surface area contributed by atoms with E-state index in [-0.39, 0.29) is 0 Å². The van der Waals surface area contributed by atoms with Crippen molar-refractivity contribution in [3.63, 3.8) is 0 Å². The van der Waals surface area contributed by atoms with Gasteiger partial charge in [-0.1, -0.05) is 59.7 Å². The van der Waals surface area contributed by atoms with E-state index < -0.39 is 0 Å². The summed E-state index contributed by atoms with van der Waals surface area (Å²) in [4.78, 5) is 2.21. The van der Waals surface area contributed by atoms with Crippen molar-refractivity contribution in [3.05, 3.63) is 83.9 Å². The van der Waals surface area contributed by atoms with Gasteiger partial charge in [0, 0.05) is 18.4 Å². The molecule has 1 heteroatoms. The summed E-state index contributed by atoms with van der Waals surface area (Å²) in [7, 11) is 2.10. The van der Waals surface area contributed by atoms with Gasteiger partial charge in [0.1, 0.15) is 0 Å². The van der Waals surface area contributed by atoms with Gasteiger partial charge < -0.3 is 4.90 Å². The average Bonchev–Trinajstić information content (AvgIpc) is 2.56. The number of rotatable bonds is 3. The lowest BCUT2D eigenvalue weighted by Gasteiger charge is -2.20. The molecule has 110 valence electrons. The normalized spacial score (nSPS) is 10.5. The van der Waals surface area contributed by atoms with Gasteiger partial charge in [-0.25, -0.2) is 0 Å². The fourth-order valence-corrected chi connectivity index (χ4v) is 2.54. The zero-order valence-electron chi connectivity index (χ0n) is 13.4. The van der Waals surface area contributed by atoms with Gasteiger partial charge in [0.25, 0.3) is 0 Å². The minimum absolute atomic E-state index is 1.19. The topological polar surface area (TPSA) is 3.24 Å². The smallest absolute Gasteiger partial charge is 0.0408 e. The van der Waals surface area contributed by atoms with Crippen molar-refractivity contribution in [1.29, 1.82) is 0 Å². The van der Waals surface area contributed by atoms with E-state index in [1.54, 1.807) is 0 Å². The van der Waals surface area contributed by atoms with E-state index in [0.29, 0.717) is 0 Å². The van der Waals surface area contributed by atoms with E-state index in [2.05, 4.69) is 98.6 Å². The van der Waals surface area contributed by atoms with Crippen LogP contribution in [0.15, 0.2) is 72.8 Å². The van der Waals surface area contributed by atoms with Crippen LogP contribution in [0.3, 0.4) is 0 Å². The van der Waals surface area contributed by atoms with E-state index in [1.165, 1.54) is 33.6 Å². The van der Waals surface area contributed by atoms with Crippen LogP contribution >= 0.6 is 0 Å². The van der Waals surface area contributed by atoms with Crippen LogP contribution in [-0.2, 0) is 0 Å². The molecule has 0 saturated carbocycles. The first-order chi connectivity index (χ1) is 10.6. The minimum atomic E-state index is 1.19. The van der Waals surface area contributed by atoms with Crippen LogP contribution in [0.25, 0.3) is 11.1 Å². The summed E-state index contributed by atoms with van der Waals surface area (Å²) in [6, 6.07) is 26.0. The number of anilines is 2. The Hall–Kier alpha value is -2.54. The summed E-state index contributed by atoms with van der Waals surface area (Å²) in [6.07, 6.45) is 0. The van der Waals surface area contributed by atoms with Crippen molar-refractivity contribution in [1.82, 2.24) is 0 Å². The maximum Gasteiger partial charge on any atom is 0.0408 e. The maximum absolute atomic E-state index is 2.21. The van der Waals surface area contributed by atoms with Gasteiger partial charge in [-0.05, 0) is 49.2 Å².